The molecule has 14 heavy (non-hydrogen) atoms. The highest BCUT2D eigenvalue weighted by Crippen LogP contribution is 2.30. The van der Waals surface area contributed by atoms with Crippen LogP contribution in [0.5, 0.6) is 0 Å². The molecule has 1 aliphatic heterocycles. The fourth-order valence-electron chi connectivity index (χ4n) is 2.52. The zero-order valence-electron chi connectivity index (χ0n) is 8.53. The Kier molecular flexibility index (Phi) is 2.27. The third kappa shape index (κ3) is 1.23. The topological polar surface area (TPSA) is 34.1 Å². The number of hydrogen-bond acceptors (Lipinski definition) is 2. The highest BCUT2D eigenvalue weighted by molar-refractivity contribution is 6.04. The summed E-state index contributed by atoms with van der Waals surface area (Å²) in [5, 5.41) is 0. The summed E-state index contributed by atoms with van der Waals surface area (Å²) in [5.74, 6) is -0.0798. The van der Waals surface area contributed by atoms with Gasteiger partial charge in [0, 0.05) is 12.8 Å². The van der Waals surface area contributed by atoms with Gasteiger partial charge in [-0.25, -0.2) is 9.59 Å². The molecule has 1 fully saturated rings. The minimum atomic E-state index is -0.0399. The minimum absolute atomic E-state index is 0.000000000000000222. The molecule has 76 valence electrons. The standard InChI is InChI=1S/C11H16NO2/c1-12(9-5-3-2-4-6-9)10(13)7-8-11(12)14/h7-9H,2-6H2,1H3/q+1. The highest BCUT2D eigenvalue weighted by atomic mass is 16.2. The Morgan fingerprint density at radius 2 is 1.57 bits per heavy atom. The SMILES string of the molecule is C[N+]1(C2CCCCC2)C(=O)C=CC1=O. The fraction of sp³-hybridized carbons (Fsp3) is 0.636. The summed E-state index contributed by atoms with van der Waals surface area (Å²) in [6, 6.07) is 0.221. The molecule has 0 aromatic carbocycles. The third-order valence-electron chi connectivity index (χ3n) is 3.59. The van der Waals surface area contributed by atoms with E-state index in [9.17, 15) is 9.59 Å². The van der Waals surface area contributed by atoms with Gasteiger partial charge in [-0.1, -0.05) is 6.42 Å². The number of carbonyl (C=O) groups is 2. The number of carbonyl (C=O) groups excluding carboxylic acids is 2. The first-order valence-corrected chi connectivity index (χ1v) is 5.29. The lowest BCUT2D eigenvalue weighted by Crippen LogP contribution is -2.57. The summed E-state index contributed by atoms with van der Waals surface area (Å²) >= 11 is 0. The minimum Gasteiger partial charge on any atom is -0.226 e. The Labute approximate surface area is 84.0 Å². The van der Waals surface area contributed by atoms with E-state index in [2.05, 4.69) is 0 Å². The monoisotopic (exact) mass is 194 g/mol. The van der Waals surface area contributed by atoms with Crippen LogP contribution in [0.1, 0.15) is 32.1 Å². The third-order valence-corrected chi connectivity index (χ3v) is 3.59. The molecule has 2 aliphatic rings. The summed E-state index contributed by atoms with van der Waals surface area (Å²) in [6.45, 7) is 0. The summed E-state index contributed by atoms with van der Waals surface area (Å²) < 4.78 is -0.000000000000000222. The number of quaternary nitrogens is 1. The van der Waals surface area contributed by atoms with Gasteiger partial charge in [0.15, 0.2) is 0 Å². The van der Waals surface area contributed by atoms with Gasteiger partial charge in [-0.3, -0.25) is 0 Å². The zero-order valence-corrected chi connectivity index (χ0v) is 8.53. The Morgan fingerprint density at radius 1 is 1.07 bits per heavy atom. The second-order valence-electron chi connectivity index (χ2n) is 4.38. The quantitative estimate of drug-likeness (QED) is 0.467. The predicted octanol–water partition coefficient (Wildman–Crippen LogP) is 1.39. The van der Waals surface area contributed by atoms with Crippen LogP contribution in [0.4, 0.5) is 0 Å². The fourth-order valence-corrected chi connectivity index (χ4v) is 2.52. The van der Waals surface area contributed by atoms with E-state index in [0.717, 1.165) is 25.7 Å². The second-order valence-corrected chi connectivity index (χ2v) is 4.38. The maximum atomic E-state index is 11.7. The Balaban J connectivity index is 2.22. The van der Waals surface area contributed by atoms with E-state index in [4.69, 9.17) is 0 Å². The van der Waals surface area contributed by atoms with Crippen LogP contribution in [0.15, 0.2) is 12.2 Å². The van der Waals surface area contributed by atoms with Crippen molar-refractivity contribution in [2.24, 2.45) is 0 Å². The molecule has 1 heterocycles. The largest absolute Gasteiger partial charge is 0.346 e. The molecule has 0 N–H and O–H groups in total. The molecule has 0 unspecified atom stereocenters. The molecule has 1 aliphatic carbocycles. The van der Waals surface area contributed by atoms with E-state index >= 15 is 0 Å². The van der Waals surface area contributed by atoms with Crippen molar-refractivity contribution in [1.29, 1.82) is 0 Å². The first-order chi connectivity index (χ1) is 6.65. The first kappa shape index (κ1) is 9.59. The number of nitrogens with zero attached hydrogens (tertiary/aromatic N) is 1. The summed E-state index contributed by atoms with van der Waals surface area (Å²) in [5.41, 5.74) is 0. The van der Waals surface area contributed by atoms with E-state index in [1.165, 1.54) is 18.6 Å². The molecule has 0 saturated heterocycles. The predicted molar refractivity (Wildman–Crippen MR) is 52.2 cm³/mol. The van der Waals surface area contributed by atoms with Crippen molar-refractivity contribution in [3.8, 4) is 0 Å². The summed E-state index contributed by atoms with van der Waals surface area (Å²) in [4.78, 5) is 23.3. The average molecular weight is 194 g/mol. The van der Waals surface area contributed by atoms with Gasteiger partial charge in [0.1, 0.15) is 6.04 Å². The molecule has 2 rings (SSSR count). The number of amides is 2. The smallest absolute Gasteiger partial charge is 0.226 e. The molecular formula is C11H16NO2+. The number of imide groups is 1. The summed E-state index contributed by atoms with van der Waals surface area (Å²) in [7, 11) is 1.76. The van der Waals surface area contributed by atoms with Crippen molar-refractivity contribution >= 4 is 11.8 Å². The van der Waals surface area contributed by atoms with Crippen LogP contribution < -0.4 is 0 Å². The lowest BCUT2D eigenvalue weighted by molar-refractivity contribution is -0.780. The Morgan fingerprint density at radius 3 is 2.07 bits per heavy atom. The molecule has 2 amide bonds. The molecular weight excluding hydrogens is 178 g/mol. The first-order valence-electron chi connectivity index (χ1n) is 5.29. The second kappa shape index (κ2) is 3.31. The molecule has 3 heteroatoms. The summed E-state index contributed by atoms with van der Waals surface area (Å²) in [6.07, 6.45) is 8.42. The van der Waals surface area contributed by atoms with E-state index in [1.54, 1.807) is 7.05 Å². The van der Waals surface area contributed by atoms with Crippen molar-refractivity contribution < 1.29 is 14.1 Å². The molecule has 0 atom stereocenters. The van der Waals surface area contributed by atoms with E-state index < -0.39 is 0 Å². The highest BCUT2D eigenvalue weighted by Gasteiger charge is 2.48. The van der Waals surface area contributed by atoms with Gasteiger partial charge in [-0.15, -0.1) is 0 Å². The van der Waals surface area contributed by atoms with Crippen LogP contribution >= 0.6 is 0 Å². The van der Waals surface area contributed by atoms with E-state index in [1.807, 2.05) is 0 Å². The van der Waals surface area contributed by atoms with Gasteiger partial charge in [0.05, 0.1) is 19.2 Å². The van der Waals surface area contributed by atoms with Crippen LogP contribution in [0.3, 0.4) is 0 Å². The molecule has 3 nitrogen and oxygen atoms in total. The lowest BCUT2D eigenvalue weighted by Gasteiger charge is -2.35. The molecule has 0 bridgehead atoms. The van der Waals surface area contributed by atoms with Crippen LogP contribution in [-0.2, 0) is 9.59 Å². The Hall–Kier alpha value is -0.960. The van der Waals surface area contributed by atoms with Crippen molar-refractivity contribution in [2.75, 3.05) is 7.05 Å². The molecule has 0 aromatic rings. The van der Waals surface area contributed by atoms with Crippen LogP contribution in [0.2, 0.25) is 0 Å². The van der Waals surface area contributed by atoms with E-state index in [-0.39, 0.29) is 22.3 Å². The normalized spacial score (nSPS) is 27.2. The van der Waals surface area contributed by atoms with Gasteiger partial charge in [0.2, 0.25) is 0 Å². The van der Waals surface area contributed by atoms with E-state index in [0.29, 0.717) is 0 Å². The number of hydrogen-bond donors (Lipinski definition) is 0. The number of rotatable bonds is 1. The maximum Gasteiger partial charge on any atom is 0.346 e. The van der Waals surface area contributed by atoms with Gasteiger partial charge in [-0.05, 0) is 12.8 Å². The van der Waals surface area contributed by atoms with Gasteiger partial charge >= 0.3 is 11.8 Å². The van der Waals surface area contributed by atoms with Gasteiger partial charge in [0.25, 0.3) is 0 Å². The van der Waals surface area contributed by atoms with Crippen LogP contribution in [0.25, 0.3) is 0 Å². The van der Waals surface area contributed by atoms with Gasteiger partial charge in [-0.2, -0.15) is 4.48 Å². The Bertz CT molecular complexity index is 282. The number of likely N-dealkylation sites (N-methyl/N-ethyl adjacent to an activating group) is 1. The molecule has 1 saturated carbocycles. The van der Waals surface area contributed by atoms with Crippen molar-refractivity contribution in [3.63, 3.8) is 0 Å². The maximum absolute atomic E-state index is 11.7. The van der Waals surface area contributed by atoms with Crippen LogP contribution in [-0.4, -0.2) is 29.4 Å². The average Bonchev–Trinajstić information content (AvgIpc) is 2.49. The van der Waals surface area contributed by atoms with Crippen molar-refractivity contribution in [1.82, 2.24) is 0 Å². The van der Waals surface area contributed by atoms with Gasteiger partial charge < -0.3 is 0 Å². The molecule has 0 spiro atoms. The zero-order chi connectivity index (χ0) is 10.2. The lowest BCUT2D eigenvalue weighted by atomic mass is 9.93. The van der Waals surface area contributed by atoms with Crippen LogP contribution in [0, 0.1) is 0 Å². The molecule has 0 radical (unpaired) electrons. The van der Waals surface area contributed by atoms with Crippen molar-refractivity contribution in [2.45, 2.75) is 38.1 Å². The molecule has 0 aromatic heterocycles. The van der Waals surface area contributed by atoms with Crippen molar-refractivity contribution in [3.05, 3.63) is 12.2 Å².